The van der Waals surface area contributed by atoms with Crippen molar-refractivity contribution in [3.63, 3.8) is 0 Å². The Kier molecular flexibility index (Phi) is 5.40. The molecule has 0 spiro atoms. The summed E-state index contributed by atoms with van der Waals surface area (Å²) in [5.74, 6) is 0.0597. The van der Waals surface area contributed by atoms with Crippen molar-refractivity contribution >= 4 is 17.3 Å². The number of carbonyl (C=O) groups is 2. The first-order valence-corrected chi connectivity index (χ1v) is 8.19. The maximum Gasteiger partial charge on any atom is 0.247 e. The topological polar surface area (TPSA) is 72.6 Å². The van der Waals surface area contributed by atoms with Crippen molar-refractivity contribution in [2.45, 2.75) is 19.4 Å². The van der Waals surface area contributed by atoms with Gasteiger partial charge in [0.05, 0.1) is 25.5 Å². The van der Waals surface area contributed by atoms with Crippen molar-refractivity contribution < 1.29 is 18.7 Å². The number of carbonyl (C=O) groups excluding carboxylic acids is 2. The lowest BCUT2D eigenvalue weighted by atomic mass is 10.1. The second kappa shape index (κ2) is 7.90. The molecule has 6 heteroatoms. The number of furan rings is 1. The van der Waals surface area contributed by atoms with E-state index in [1.807, 2.05) is 19.1 Å². The molecule has 0 bridgehead atoms. The van der Waals surface area contributed by atoms with E-state index in [0.29, 0.717) is 25.5 Å². The van der Waals surface area contributed by atoms with Gasteiger partial charge < -0.3 is 14.1 Å². The molecule has 1 atom stereocenters. The van der Waals surface area contributed by atoms with Crippen LogP contribution in [0.1, 0.15) is 29.5 Å². The van der Waals surface area contributed by atoms with Crippen molar-refractivity contribution in [3.05, 3.63) is 60.3 Å². The van der Waals surface area contributed by atoms with Crippen molar-refractivity contribution in [1.82, 2.24) is 9.88 Å². The van der Waals surface area contributed by atoms with E-state index in [0.717, 1.165) is 11.1 Å². The normalized spacial score (nSPS) is 18.2. The molecule has 0 radical (unpaired) electrons. The molecule has 1 amide bonds. The quantitative estimate of drug-likeness (QED) is 0.618. The number of aromatic nitrogens is 1. The summed E-state index contributed by atoms with van der Waals surface area (Å²) in [7, 11) is 0. The summed E-state index contributed by atoms with van der Waals surface area (Å²) in [5.41, 5.74) is 1.80. The van der Waals surface area contributed by atoms with Crippen LogP contribution in [0.15, 0.2) is 53.4 Å². The fourth-order valence-electron chi connectivity index (χ4n) is 2.83. The predicted molar refractivity (Wildman–Crippen MR) is 91.9 cm³/mol. The number of morpholine rings is 1. The molecule has 2 aromatic heterocycles. The predicted octanol–water partition coefficient (Wildman–Crippen LogP) is 2.58. The van der Waals surface area contributed by atoms with Gasteiger partial charge in [-0.15, -0.1) is 0 Å². The lowest BCUT2D eigenvalue weighted by molar-refractivity contribution is -0.134. The van der Waals surface area contributed by atoms with Gasteiger partial charge in [-0.3, -0.25) is 14.6 Å². The van der Waals surface area contributed by atoms with Gasteiger partial charge in [-0.05, 0) is 42.3 Å². The van der Waals surface area contributed by atoms with E-state index in [9.17, 15) is 9.59 Å². The molecule has 25 heavy (non-hydrogen) atoms. The molecule has 1 unspecified atom stereocenters. The lowest BCUT2D eigenvalue weighted by Crippen LogP contribution is -2.49. The second-order valence-electron chi connectivity index (χ2n) is 5.93. The molecule has 3 rings (SSSR count). The third-order valence-corrected chi connectivity index (χ3v) is 4.20. The van der Waals surface area contributed by atoms with Gasteiger partial charge in [0, 0.05) is 31.4 Å². The summed E-state index contributed by atoms with van der Waals surface area (Å²) in [6.07, 6.45) is 6.63. The molecule has 0 aliphatic carbocycles. The molecular weight excluding hydrogens is 320 g/mol. The number of ether oxygens (including phenoxy) is 1. The molecular formula is C19H20N2O4. The van der Waals surface area contributed by atoms with Gasteiger partial charge in [0.2, 0.25) is 5.91 Å². The first-order valence-electron chi connectivity index (χ1n) is 8.19. The Morgan fingerprint density at radius 1 is 1.32 bits per heavy atom. The number of Topliss-reactive ketones (excluding diaryl/α,β-unsaturated/α-hetero) is 1. The van der Waals surface area contributed by atoms with Crippen molar-refractivity contribution in [2.75, 3.05) is 19.8 Å². The van der Waals surface area contributed by atoms with Gasteiger partial charge in [0.25, 0.3) is 0 Å². The van der Waals surface area contributed by atoms with Crippen LogP contribution in [-0.4, -0.2) is 47.4 Å². The summed E-state index contributed by atoms with van der Waals surface area (Å²) in [5, 5.41) is 0. The molecule has 130 valence electrons. The van der Waals surface area contributed by atoms with Crippen LogP contribution < -0.4 is 0 Å². The third-order valence-electron chi connectivity index (χ3n) is 4.20. The zero-order valence-electron chi connectivity index (χ0n) is 14.1. The number of amides is 1. The minimum atomic E-state index is -0.291. The number of allylic oxidation sites excluding steroid dienone is 1. The first kappa shape index (κ1) is 17.1. The molecule has 1 fully saturated rings. The molecule has 1 aliphatic heterocycles. The van der Waals surface area contributed by atoms with E-state index in [1.54, 1.807) is 35.5 Å². The summed E-state index contributed by atoms with van der Waals surface area (Å²) >= 11 is 0. The Morgan fingerprint density at radius 3 is 2.84 bits per heavy atom. The summed E-state index contributed by atoms with van der Waals surface area (Å²) < 4.78 is 10.6. The van der Waals surface area contributed by atoms with Crippen LogP contribution >= 0.6 is 0 Å². The van der Waals surface area contributed by atoms with E-state index in [2.05, 4.69) is 4.98 Å². The molecule has 0 N–H and O–H groups in total. The van der Waals surface area contributed by atoms with Crippen LogP contribution in [0.3, 0.4) is 0 Å². The number of pyridine rings is 1. The van der Waals surface area contributed by atoms with Crippen LogP contribution in [0.5, 0.6) is 0 Å². The van der Waals surface area contributed by atoms with Gasteiger partial charge in [-0.25, -0.2) is 0 Å². The average Bonchev–Trinajstić information content (AvgIpc) is 3.17. The summed E-state index contributed by atoms with van der Waals surface area (Å²) in [6, 6.07) is 6.73. The standard InChI is InChI=1S/C19H20N2O4/c1-14(15-4-6-20-7-5-15)11-19(23)21-8-10-24-13-16(21)12-17(22)18-3-2-9-25-18/h2-7,9,11,16H,8,10,12-13H2,1H3. The first-order chi connectivity index (χ1) is 12.1. The molecule has 6 nitrogen and oxygen atoms in total. The van der Waals surface area contributed by atoms with Crippen LogP contribution in [0.2, 0.25) is 0 Å². The van der Waals surface area contributed by atoms with E-state index < -0.39 is 0 Å². The Balaban J connectivity index is 1.72. The van der Waals surface area contributed by atoms with Crippen molar-refractivity contribution in [3.8, 4) is 0 Å². The van der Waals surface area contributed by atoms with Gasteiger partial charge in [-0.1, -0.05) is 0 Å². The number of hydrogen-bond acceptors (Lipinski definition) is 5. The molecule has 1 aliphatic rings. The zero-order valence-corrected chi connectivity index (χ0v) is 14.1. The molecule has 2 aromatic rings. The van der Waals surface area contributed by atoms with Gasteiger partial charge >= 0.3 is 0 Å². The van der Waals surface area contributed by atoms with E-state index in [-0.39, 0.29) is 24.2 Å². The van der Waals surface area contributed by atoms with E-state index in [1.165, 1.54) is 6.26 Å². The van der Waals surface area contributed by atoms with Gasteiger partial charge in [0.1, 0.15) is 0 Å². The van der Waals surface area contributed by atoms with E-state index >= 15 is 0 Å². The maximum absolute atomic E-state index is 12.7. The number of ketones is 1. The minimum Gasteiger partial charge on any atom is -0.461 e. The highest BCUT2D eigenvalue weighted by Gasteiger charge is 2.29. The molecule has 1 saturated heterocycles. The third kappa shape index (κ3) is 4.22. The van der Waals surface area contributed by atoms with Crippen LogP contribution in [0.25, 0.3) is 5.57 Å². The largest absolute Gasteiger partial charge is 0.461 e. The molecule has 0 aromatic carbocycles. The van der Waals surface area contributed by atoms with Crippen LogP contribution in [0.4, 0.5) is 0 Å². The number of rotatable bonds is 5. The van der Waals surface area contributed by atoms with Crippen LogP contribution in [0, 0.1) is 0 Å². The molecule has 3 heterocycles. The Labute approximate surface area is 146 Å². The second-order valence-corrected chi connectivity index (χ2v) is 5.93. The van der Waals surface area contributed by atoms with Crippen molar-refractivity contribution in [2.24, 2.45) is 0 Å². The highest BCUT2D eigenvalue weighted by Crippen LogP contribution is 2.18. The fourth-order valence-corrected chi connectivity index (χ4v) is 2.83. The summed E-state index contributed by atoms with van der Waals surface area (Å²) in [6.45, 7) is 3.17. The Morgan fingerprint density at radius 2 is 2.12 bits per heavy atom. The zero-order chi connectivity index (χ0) is 17.6. The number of nitrogens with zero attached hydrogens (tertiary/aromatic N) is 2. The van der Waals surface area contributed by atoms with Gasteiger partial charge in [-0.2, -0.15) is 0 Å². The Hall–Kier alpha value is -2.73. The maximum atomic E-state index is 12.7. The SMILES string of the molecule is CC(=CC(=O)N1CCOCC1CC(=O)c1ccco1)c1ccncc1. The highest BCUT2D eigenvalue weighted by molar-refractivity contribution is 5.97. The number of hydrogen-bond donors (Lipinski definition) is 0. The monoisotopic (exact) mass is 340 g/mol. The smallest absolute Gasteiger partial charge is 0.247 e. The summed E-state index contributed by atoms with van der Waals surface area (Å²) in [4.78, 5) is 30.7. The average molecular weight is 340 g/mol. The Bertz CT molecular complexity index is 753. The van der Waals surface area contributed by atoms with Gasteiger partial charge in [0.15, 0.2) is 11.5 Å². The van der Waals surface area contributed by atoms with Crippen molar-refractivity contribution in [1.29, 1.82) is 0 Å². The van der Waals surface area contributed by atoms with Crippen LogP contribution in [-0.2, 0) is 9.53 Å². The fraction of sp³-hybridized carbons (Fsp3) is 0.316. The lowest BCUT2D eigenvalue weighted by Gasteiger charge is -2.34. The highest BCUT2D eigenvalue weighted by atomic mass is 16.5. The minimum absolute atomic E-state index is 0.116. The van der Waals surface area contributed by atoms with E-state index in [4.69, 9.17) is 9.15 Å². The molecule has 0 saturated carbocycles.